The summed E-state index contributed by atoms with van der Waals surface area (Å²) in [5.74, 6) is 0.908. The van der Waals surface area contributed by atoms with E-state index in [1.165, 1.54) is 36.6 Å². The molecule has 0 bridgehead atoms. The molecule has 0 spiro atoms. The molecule has 0 radical (unpaired) electrons. The van der Waals surface area contributed by atoms with Gasteiger partial charge in [0.05, 0.1) is 11.2 Å². The van der Waals surface area contributed by atoms with Gasteiger partial charge in [-0.3, -0.25) is 4.79 Å². The Morgan fingerprint density at radius 1 is 1.05 bits per heavy atom. The van der Waals surface area contributed by atoms with E-state index in [1.54, 1.807) is 0 Å². The van der Waals surface area contributed by atoms with Crippen LogP contribution in [0.25, 0.3) is 23.1 Å². The van der Waals surface area contributed by atoms with E-state index in [2.05, 4.69) is 79.4 Å². The summed E-state index contributed by atoms with van der Waals surface area (Å²) in [5.41, 5.74) is 6.43. The van der Waals surface area contributed by atoms with Crippen LogP contribution in [0.15, 0.2) is 78.9 Å². The minimum Gasteiger partial charge on any atom is -0.455 e. The number of hydrogen-bond donors (Lipinski definition) is 0. The molecule has 3 nitrogen and oxygen atoms in total. The van der Waals surface area contributed by atoms with Crippen molar-refractivity contribution in [3.8, 4) is 0 Å². The number of aromatic nitrogens is 1. The van der Waals surface area contributed by atoms with Crippen molar-refractivity contribution >= 4 is 52.4 Å². The zero-order valence-electron chi connectivity index (χ0n) is 24.3. The number of halogens is 1. The standard InChI is InChI=1S/C36H38ClNO2S/c1-25(39)40-35(2,3)32-11-6-5-9-27(32)15-19-34(41-24-36(4)20-21-36)29-10-7-8-26(22-29)12-17-31-18-14-28-13-16-30(37)23-33(28)38-31/h5-14,16-18,22-23,34H,15,19-21,24H2,1-4H3/t34-/m1/s1. The lowest BCUT2D eigenvalue weighted by Gasteiger charge is -2.28. The van der Waals surface area contributed by atoms with Crippen LogP contribution in [-0.4, -0.2) is 16.7 Å². The van der Waals surface area contributed by atoms with Crippen molar-refractivity contribution in [3.05, 3.63) is 112 Å². The Morgan fingerprint density at radius 3 is 2.61 bits per heavy atom. The lowest BCUT2D eigenvalue weighted by atomic mass is 9.90. The highest BCUT2D eigenvalue weighted by atomic mass is 35.5. The van der Waals surface area contributed by atoms with E-state index in [4.69, 9.17) is 21.3 Å². The normalized spacial score (nSPS) is 15.2. The molecule has 1 heterocycles. The van der Waals surface area contributed by atoms with Crippen molar-refractivity contribution in [1.82, 2.24) is 4.98 Å². The predicted molar refractivity (Wildman–Crippen MR) is 174 cm³/mol. The van der Waals surface area contributed by atoms with E-state index >= 15 is 0 Å². The summed E-state index contributed by atoms with van der Waals surface area (Å²) < 4.78 is 5.70. The van der Waals surface area contributed by atoms with Crippen LogP contribution in [0.1, 0.15) is 80.2 Å². The highest BCUT2D eigenvalue weighted by Crippen LogP contribution is 2.50. The topological polar surface area (TPSA) is 39.2 Å². The van der Waals surface area contributed by atoms with Crippen LogP contribution in [0, 0.1) is 5.41 Å². The zero-order chi connectivity index (χ0) is 29.0. The molecular formula is C36H38ClNO2S. The van der Waals surface area contributed by atoms with Crippen LogP contribution in [0.3, 0.4) is 0 Å². The highest BCUT2D eigenvalue weighted by Gasteiger charge is 2.37. The molecule has 0 amide bonds. The van der Waals surface area contributed by atoms with Crippen LogP contribution >= 0.6 is 23.4 Å². The summed E-state index contributed by atoms with van der Waals surface area (Å²) in [6, 6.07) is 27.2. The molecule has 1 aliphatic rings. The van der Waals surface area contributed by atoms with Gasteiger partial charge in [0.2, 0.25) is 0 Å². The maximum Gasteiger partial charge on any atom is 0.303 e. The number of carbonyl (C=O) groups is 1. The first-order valence-corrected chi connectivity index (χ1v) is 15.8. The third-order valence-electron chi connectivity index (χ3n) is 7.88. The van der Waals surface area contributed by atoms with E-state index in [0.29, 0.717) is 15.7 Å². The van der Waals surface area contributed by atoms with Crippen molar-refractivity contribution < 1.29 is 9.53 Å². The Balaban J connectivity index is 1.36. The number of aryl methyl sites for hydroxylation is 1. The molecule has 212 valence electrons. The third-order valence-corrected chi connectivity index (χ3v) is 9.89. The van der Waals surface area contributed by atoms with Crippen LogP contribution < -0.4 is 0 Å². The van der Waals surface area contributed by atoms with Crippen molar-refractivity contribution in [2.24, 2.45) is 5.41 Å². The van der Waals surface area contributed by atoms with Gasteiger partial charge in [-0.1, -0.05) is 85.3 Å². The monoisotopic (exact) mass is 583 g/mol. The maximum atomic E-state index is 11.8. The van der Waals surface area contributed by atoms with Gasteiger partial charge in [0.15, 0.2) is 0 Å². The van der Waals surface area contributed by atoms with Gasteiger partial charge in [0, 0.05) is 22.6 Å². The number of fused-ring (bicyclic) bond motifs is 1. The Bertz CT molecular complexity index is 1570. The molecule has 0 aliphatic heterocycles. The Morgan fingerprint density at radius 2 is 1.83 bits per heavy atom. The molecule has 1 aromatic heterocycles. The molecule has 3 aromatic carbocycles. The van der Waals surface area contributed by atoms with E-state index < -0.39 is 5.60 Å². The minimum atomic E-state index is -0.667. The molecule has 0 unspecified atom stereocenters. The molecule has 5 rings (SSSR count). The molecule has 0 N–H and O–H groups in total. The van der Waals surface area contributed by atoms with Gasteiger partial charge in [-0.2, -0.15) is 11.8 Å². The van der Waals surface area contributed by atoms with E-state index in [0.717, 1.165) is 40.6 Å². The molecule has 1 aliphatic carbocycles. The van der Waals surface area contributed by atoms with E-state index in [9.17, 15) is 4.79 Å². The summed E-state index contributed by atoms with van der Waals surface area (Å²) in [5, 5.41) is 2.14. The number of hydrogen-bond acceptors (Lipinski definition) is 4. The number of rotatable bonds is 11. The largest absolute Gasteiger partial charge is 0.455 e. The maximum absolute atomic E-state index is 11.8. The fourth-order valence-corrected chi connectivity index (χ4v) is 6.96. The van der Waals surface area contributed by atoms with E-state index in [1.807, 2.05) is 44.2 Å². The molecule has 1 fully saturated rings. The summed E-state index contributed by atoms with van der Waals surface area (Å²) in [4.78, 5) is 16.6. The summed E-state index contributed by atoms with van der Waals surface area (Å²) in [6.07, 6.45) is 8.77. The molecular weight excluding hydrogens is 546 g/mol. The molecule has 41 heavy (non-hydrogen) atoms. The first kappa shape index (κ1) is 29.4. The number of benzene rings is 3. The highest BCUT2D eigenvalue weighted by molar-refractivity contribution is 7.99. The summed E-state index contributed by atoms with van der Waals surface area (Å²) >= 11 is 8.26. The van der Waals surface area contributed by atoms with Crippen LogP contribution in [0.5, 0.6) is 0 Å². The van der Waals surface area contributed by atoms with Crippen LogP contribution in [0.2, 0.25) is 5.02 Å². The number of ether oxygens (including phenoxy) is 1. The first-order chi connectivity index (χ1) is 19.6. The van der Waals surface area contributed by atoms with Crippen molar-refractivity contribution in [1.29, 1.82) is 0 Å². The summed E-state index contributed by atoms with van der Waals surface area (Å²) in [7, 11) is 0. The number of pyridine rings is 1. The molecule has 5 heteroatoms. The molecule has 1 saturated carbocycles. The Kier molecular flexibility index (Phi) is 8.91. The van der Waals surface area contributed by atoms with Gasteiger partial charge in [-0.25, -0.2) is 4.98 Å². The molecule has 4 aromatic rings. The fourth-order valence-electron chi connectivity index (χ4n) is 5.28. The second-order valence-electron chi connectivity index (χ2n) is 12.0. The molecule has 0 saturated heterocycles. The van der Waals surface area contributed by atoms with Gasteiger partial charge >= 0.3 is 5.97 Å². The average molecular weight is 584 g/mol. The lowest BCUT2D eigenvalue weighted by molar-refractivity contribution is -0.154. The van der Waals surface area contributed by atoms with Gasteiger partial charge in [0.25, 0.3) is 0 Å². The van der Waals surface area contributed by atoms with E-state index in [-0.39, 0.29) is 5.97 Å². The second-order valence-corrected chi connectivity index (χ2v) is 13.6. The Labute approximate surface area is 253 Å². The second kappa shape index (κ2) is 12.4. The van der Waals surface area contributed by atoms with Gasteiger partial charge in [0.1, 0.15) is 5.60 Å². The first-order valence-electron chi connectivity index (χ1n) is 14.3. The van der Waals surface area contributed by atoms with Crippen molar-refractivity contribution in [3.63, 3.8) is 0 Å². The predicted octanol–water partition coefficient (Wildman–Crippen LogP) is 10.1. The van der Waals surface area contributed by atoms with Crippen LogP contribution in [0.4, 0.5) is 0 Å². The number of nitrogens with zero attached hydrogens (tertiary/aromatic N) is 1. The Hall–Kier alpha value is -3.08. The minimum absolute atomic E-state index is 0.261. The number of esters is 1. The number of carbonyl (C=O) groups excluding carboxylic acids is 1. The van der Waals surface area contributed by atoms with Gasteiger partial charge in [-0.15, -0.1) is 0 Å². The summed E-state index contributed by atoms with van der Waals surface area (Å²) in [6.45, 7) is 7.82. The van der Waals surface area contributed by atoms with Crippen LogP contribution in [-0.2, 0) is 21.6 Å². The average Bonchev–Trinajstić information content (AvgIpc) is 3.68. The third kappa shape index (κ3) is 7.81. The van der Waals surface area contributed by atoms with Crippen molar-refractivity contribution in [2.45, 2.75) is 64.2 Å². The smallest absolute Gasteiger partial charge is 0.303 e. The van der Waals surface area contributed by atoms with Gasteiger partial charge < -0.3 is 4.74 Å². The zero-order valence-corrected chi connectivity index (χ0v) is 25.9. The van der Waals surface area contributed by atoms with Crippen molar-refractivity contribution in [2.75, 3.05) is 5.75 Å². The lowest BCUT2D eigenvalue weighted by Crippen LogP contribution is -2.25. The fraction of sp³-hybridized carbons (Fsp3) is 0.333. The SMILES string of the molecule is CC(=O)OC(C)(C)c1ccccc1CC[C@@H](SCC1(C)CC1)c1cccc(C=Cc2ccc3ccc(Cl)cc3n2)c1. The van der Waals surface area contributed by atoms with Gasteiger partial charge in [-0.05, 0) is 97.2 Å². The quantitative estimate of drug-likeness (QED) is 0.165. The number of thioether (sulfide) groups is 1. The molecule has 1 atom stereocenters.